The Bertz CT molecular complexity index is 540. The van der Waals surface area contributed by atoms with Crippen molar-refractivity contribution < 1.29 is 4.79 Å². The lowest BCUT2D eigenvalue weighted by molar-refractivity contribution is 0.102. The minimum Gasteiger partial charge on any atom is -0.322 e. The number of amides is 1. The zero-order chi connectivity index (χ0) is 12.3. The van der Waals surface area contributed by atoms with Gasteiger partial charge in [0.25, 0.3) is 5.91 Å². The van der Waals surface area contributed by atoms with Gasteiger partial charge in [0.2, 0.25) is 0 Å². The van der Waals surface area contributed by atoms with E-state index in [1.807, 2.05) is 19.1 Å². The van der Waals surface area contributed by atoms with Crippen molar-refractivity contribution in [2.45, 2.75) is 6.92 Å². The molecular formula is C13H11ClN2O. The summed E-state index contributed by atoms with van der Waals surface area (Å²) < 4.78 is 0. The SMILES string of the molecule is Cc1ccc(NC(=O)c2cccnc2)cc1Cl. The number of carbonyl (C=O) groups excluding carboxylic acids is 1. The van der Waals surface area contributed by atoms with Gasteiger partial charge in [-0.3, -0.25) is 9.78 Å². The predicted octanol–water partition coefficient (Wildman–Crippen LogP) is 3.30. The Balaban J connectivity index is 2.16. The van der Waals surface area contributed by atoms with Crippen LogP contribution < -0.4 is 5.32 Å². The van der Waals surface area contributed by atoms with Crippen molar-refractivity contribution in [3.05, 3.63) is 58.9 Å². The standard InChI is InChI=1S/C13H11ClN2O/c1-9-4-5-11(7-12(9)14)16-13(17)10-3-2-6-15-8-10/h2-8H,1H3,(H,16,17). The molecule has 3 nitrogen and oxygen atoms in total. The first kappa shape index (κ1) is 11.6. The highest BCUT2D eigenvalue weighted by Gasteiger charge is 2.06. The summed E-state index contributed by atoms with van der Waals surface area (Å²) in [5.74, 6) is -0.196. The fraction of sp³-hybridized carbons (Fsp3) is 0.0769. The van der Waals surface area contributed by atoms with Crippen molar-refractivity contribution in [1.82, 2.24) is 4.98 Å². The first-order chi connectivity index (χ1) is 8.16. The third kappa shape index (κ3) is 2.82. The van der Waals surface area contributed by atoms with Gasteiger partial charge in [0, 0.05) is 23.1 Å². The van der Waals surface area contributed by atoms with Crippen molar-refractivity contribution in [1.29, 1.82) is 0 Å². The minimum absolute atomic E-state index is 0.196. The number of nitrogens with zero attached hydrogens (tertiary/aromatic N) is 1. The Morgan fingerprint density at radius 3 is 2.82 bits per heavy atom. The molecule has 0 radical (unpaired) electrons. The largest absolute Gasteiger partial charge is 0.322 e. The summed E-state index contributed by atoms with van der Waals surface area (Å²) in [5, 5.41) is 3.40. The molecule has 0 aliphatic heterocycles. The molecule has 0 saturated carbocycles. The zero-order valence-corrected chi connectivity index (χ0v) is 10.0. The fourth-order valence-electron chi connectivity index (χ4n) is 1.37. The minimum atomic E-state index is -0.196. The maximum atomic E-state index is 11.8. The molecule has 0 fully saturated rings. The molecule has 1 N–H and O–H groups in total. The van der Waals surface area contributed by atoms with Crippen molar-refractivity contribution in [3.63, 3.8) is 0 Å². The van der Waals surface area contributed by atoms with Crippen LogP contribution in [0.15, 0.2) is 42.7 Å². The van der Waals surface area contributed by atoms with E-state index in [0.29, 0.717) is 16.3 Å². The fourth-order valence-corrected chi connectivity index (χ4v) is 1.55. The molecule has 0 atom stereocenters. The molecule has 4 heteroatoms. The van der Waals surface area contributed by atoms with Gasteiger partial charge >= 0.3 is 0 Å². The van der Waals surface area contributed by atoms with Gasteiger partial charge in [0.15, 0.2) is 0 Å². The van der Waals surface area contributed by atoms with Crippen LogP contribution in [-0.2, 0) is 0 Å². The lowest BCUT2D eigenvalue weighted by Crippen LogP contribution is -2.11. The second-order valence-corrected chi connectivity index (χ2v) is 4.07. The summed E-state index contributed by atoms with van der Waals surface area (Å²) in [6.07, 6.45) is 3.14. The van der Waals surface area contributed by atoms with Gasteiger partial charge in [0.1, 0.15) is 0 Å². The Hall–Kier alpha value is -1.87. The van der Waals surface area contributed by atoms with Gasteiger partial charge in [-0.1, -0.05) is 17.7 Å². The number of rotatable bonds is 2. The number of anilines is 1. The van der Waals surface area contributed by atoms with E-state index in [-0.39, 0.29) is 5.91 Å². The highest BCUT2D eigenvalue weighted by atomic mass is 35.5. The van der Waals surface area contributed by atoms with E-state index in [1.54, 1.807) is 24.4 Å². The molecule has 1 aromatic carbocycles. The smallest absolute Gasteiger partial charge is 0.257 e. The van der Waals surface area contributed by atoms with Crippen LogP contribution in [0.5, 0.6) is 0 Å². The predicted molar refractivity (Wildman–Crippen MR) is 68.4 cm³/mol. The number of halogens is 1. The highest BCUT2D eigenvalue weighted by molar-refractivity contribution is 6.31. The molecule has 0 saturated heterocycles. The quantitative estimate of drug-likeness (QED) is 0.884. The molecule has 0 bridgehead atoms. The van der Waals surface area contributed by atoms with Crippen molar-refractivity contribution in [3.8, 4) is 0 Å². The first-order valence-electron chi connectivity index (χ1n) is 5.14. The summed E-state index contributed by atoms with van der Waals surface area (Å²) in [5.41, 5.74) is 2.17. The Morgan fingerprint density at radius 2 is 2.18 bits per heavy atom. The molecule has 0 aliphatic rings. The summed E-state index contributed by atoms with van der Waals surface area (Å²) in [7, 11) is 0. The van der Waals surface area contributed by atoms with Crippen LogP contribution in [0.1, 0.15) is 15.9 Å². The number of aromatic nitrogens is 1. The van der Waals surface area contributed by atoms with E-state index >= 15 is 0 Å². The molecule has 0 aliphatic carbocycles. The maximum Gasteiger partial charge on any atom is 0.257 e. The third-order valence-electron chi connectivity index (χ3n) is 2.35. The lowest BCUT2D eigenvalue weighted by Gasteiger charge is -2.06. The van der Waals surface area contributed by atoms with E-state index in [2.05, 4.69) is 10.3 Å². The van der Waals surface area contributed by atoms with Crippen LogP contribution in [0.2, 0.25) is 5.02 Å². The van der Waals surface area contributed by atoms with Gasteiger partial charge in [-0.2, -0.15) is 0 Å². The van der Waals surface area contributed by atoms with E-state index in [9.17, 15) is 4.79 Å². The van der Waals surface area contributed by atoms with Crippen LogP contribution >= 0.6 is 11.6 Å². The molecule has 2 aromatic rings. The number of hydrogen-bond acceptors (Lipinski definition) is 2. The topological polar surface area (TPSA) is 42.0 Å². The molecule has 1 aromatic heterocycles. The molecule has 0 spiro atoms. The number of carbonyl (C=O) groups is 1. The van der Waals surface area contributed by atoms with Crippen molar-refractivity contribution in [2.24, 2.45) is 0 Å². The normalized spacial score (nSPS) is 10.0. The Morgan fingerprint density at radius 1 is 1.35 bits per heavy atom. The molecule has 17 heavy (non-hydrogen) atoms. The van der Waals surface area contributed by atoms with Crippen molar-refractivity contribution >= 4 is 23.2 Å². The summed E-state index contributed by atoms with van der Waals surface area (Å²) in [4.78, 5) is 15.7. The second kappa shape index (κ2) is 4.97. The van der Waals surface area contributed by atoms with Crippen LogP contribution in [-0.4, -0.2) is 10.9 Å². The van der Waals surface area contributed by atoms with E-state index in [4.69, 9.17) is 11.6 Å². The number of nitrogens with one attached hydrogen (secondary N) is 1. The van der Waals surface area contributed by atoms with Gasteiger partial charge < -0.3 is 5.32 Å². The molecule has 1 heterocycles. The summed E-state index contributed by atoms with van der Waals surface area (Å²) in [6.45, 7) is 1.91. The van der Waals surface area contributed by atoms with E-state index < -0.39 is 0 Å². The average molecular weight is 247 g/mol. The van der Waals surface area contributed by atoms with Crippen LogP contribution in [0.3, 0.4) is 0 Å². The number of benzene rings is 1. The van der Waals surface area contributed by atoms with Gasteiger partial charge in [-0.05, 0) is 36.8 Å². The molecular weight excluding hydrogens is 236 g/mol. The van der Waals surface area contributed by atoms with Crippen LogP contribution in [0.25, 0.3) is 0 Å². The van der Waals surface area contributed by atoms with Crippen LogP contribution in [0.4, 0.5) is 5.69 Å². The number of aryl methyl sites for hydroxylation is 1. The third-order valence-corrected chi connectivity index (χ3v) is 2.76. The monoisotopic (exact) mass is 246 g/mol. The average Bonchev–Trinajstić information content (AvgIpc) is 2.35. The summed E-state index contributed by atoms with van der Waals surface area (Å²) in [6, 6.07) is 8.83. The Kier molecular flexibility index (Phi) is 3.40. The molecule has 86 valence electrons. The highest BCUT2D eigenvalue weighted by Crippen LogP contribution is 2.20. The maximum absolute atomic E-state index is 11.8. The van der Waals surface area contributed by atoms with E-state index in [1.165, 1.54) is 6.20 Å². The van der Waals surface area contributed by atoms with Gasteiger partial charge in [0.05, 0.1) is 5.56 Å². The summed E-state index contributed by atoms with van der Waals surface area (Å²) >= 11 is 5.98. The first-order valence-corrected chi connectivity index (χ1v) is 5.52. The van der Waals surface area contributed by atoms with Gasteiger partial charge in [-0.25, -0.2) is 0 Å². The molecule has 1 amide bonds. The van der Waals surface area contributed by atoms with E-state index in [0.717, 1.165) is 5.56 Å². The van der Waals surface area contributed by atoms with Crippen molar-refractivity contribution in [2.75, 3.05) is 5.32 Å². The zero-order valence-electron chi connectivity index (χ0n) is 9.27. The molecule has 0 unspecified atom stereocenters. The lowest BCUT2D eigenvalue weighted by atomic mass is 10.2. The number of pyridine rings is 1. The second-order valence-electron chi connectivity index (χ2n) is 3.66. The molecule has 2 rings (SSSR count). The number of hydrogen-bond donors (Lipinski definition) is 1. The van der Waals surface area contributed by atoms with Gasteiger partial charge in [-0.15, -0.1) is 0 Å². The van der Waals surface area contributed by atoms with Crippen LogP contribution in [0, 0.1) is 6.92 Å². The Labute approximate surface area is 104 Å².